The van der Waals surface area contributed by atoms with Crippen LogP contribution in [0.3, 0.4) is 0 Å². The van der Waals surface area contributed by atoms with Gasteiger partial charge in [0.1, 0.15) is 5.82 Å². The molecule has 1 saturated heterocycles. The monoisotopic (exact) mass is 322 g/mol. The second-order valence-corrected chi connectivity index (χ2v) is 7.14. The lowest BCUT2D eigenvalue weighted by atomic mass is 9.84. The van der Waals surface area contributed by atoms with Gasteiger partial charge in [0.25, 0.3) is 0 Å². The molecule has 2 amide bonds. The van der Waals surface area contributed by atoms with Gasteiger partial charge in [0.15, 0.2) is 0 Å². The summed E-state index contributed by atoms with van der Waals surface area (Å²) < 4.78 is 13.4. The molecule has 0 bridgehead atoms. The van der Waals surface area contributed by atoms with Crippen molar-refractivity contribution in [1.29, 1.82) is 0 Å². The molecule has 5 heteroatoms. The Bertz CT molecular complexity index is 546. The minimum atomic E-state index is -0.394. The first kappa shape index (κ1) is 17.7. The van der Waals surface area contributed by atoms with Crippen molar-refractivity contribution in [3.63, 3.8) is 0 Å². The highest BCUT2D eigenvalue weighted by atomic mass is 19.1. The molecule has 0 radical (unpaired) electrons. The second-order valence-electron chi connectivity index (χ2n) is 7.14. The van der Waals surface area contributed by atoms with Crippen LogP contribution >= 0.6 is 0 Å². The van der Waals surface area contributed by atoms with Crippen molar-refractivity contribution in [3.05, 3.63) is 35.6 Å². The van der Waals surface area contributed by atoms with E-state index in [-0.39, 0.29) is 23.2 Å². The summed E-state index contributed by atoms with van der Waals surface area (Å²) >= 11 is 0. The number of rotatable bonds is 4. The zero-order valence-corrected chi connectivity index (χ0v) is 14.2. The Morgan fingerprint density at radius 3 is 2.91 bits per heavy atom. The number of amides is 2. The molecule has 0 aliphatic carbocycles. The number of likely N-dealkylation sites (tertiary alicyclic amines) is 1. The summed E-state index contributed by atoms with van der Waals surface area (Å²) in [6, 6.07) is 6.38. The molecule has 128 valence electrons. The maximum absolute atomic E-state index is 13.4. The van der Waals surface area contributed by atoms with Crippen molar-refractivity contribution in [2.75, 3.05) is 19.6 Å². The van der Waals surface area contributed by atoms with Crippen LogP contribution in [-0.2, 0) is 5.41 Å². The molecule has 2 rings (SSSR count). The van der Waals surface area contributed by atoms with Gasteiger partial charge in [-0.1, -0.05) is 26.0 Å². The lowest BCUT2D eigenvalue weighted by Crippen LogP contribution is -2.49. The number of aliphatic hydroxyl groups is 1. The molecule has 1 heterocycles. The number of aliphatic hydroxyl groups excluding tert-OH is 1. The molecule has 1 aliphatic heterocycles. The molecule has 23 heavy (non-hydrogen) atoms. The molecule has 4 nitrogen and oxygen atoms in total. The fraction of sp³-hybridized carbons (Fsp3) is 0.611. The molecule has 1 aromatic rings. The van der Waals surface area contributed by atoms with E-state index in [9.17, 15) is 14.3 Å². The molecule has 0 spiro atoms. The quantitative estimate of drug-likeness (QED) is 0.895. The van der Waals surface area contributed by atoms with Gasteiger partial charge >= 0.3 is 6.03 Å². The summed E-state index contributed by atoms with van der Waals surface area (Å²) in [6.07, 6.45) is 1.47. The Labute approximate surface area is 137 Å². The molecule has 0 aromatic heterocycles. The van der Waals surface area contributed by atoms with Gasteiger partial charge in [-0.25, -0.2) is 9.18 Å². The molecule has 0 saturated carbocycles. The van der Waals surface area contributed by atoms with E-state index in [2.05, 4.69) is 5.32 Å². The predicted molar refractivity (Wildman–Crippen MR) is 88.8 cm³/mol. The summed E-state index contributed by atoms with van der Waals surface area (Å²) in [6.45, 7) is 7.48. The topological polar surface area (TPSA) is 52.6 Å². The van der Waals surface area contributed by atoms with Crippen LogP contribution in [-0.4, -0.2) is 41.8 Å². The second kappa shape index (κ2) is 7.30. The standard InChI is InChI=1S/C18H27FN2O2/c1-13(22)14-6-5-9-21(11-14)17(23)20-12-18(2,3)15-7-4-8-16(19)10-15/h4,7-8,10,13-14,22H,5-6,9,11-12H2,1-3H3,(H,20,23). The van der Waals surface area contributed by atoms with Gasteiger partial charge in [-0.3, -0.25) is 0 Å². The third-order valence-electron chi connectivity index (χ3n) is 4.71. The first-order chi connectivity index (χ1) is 10.8. The van der Waals surface area contributed by atoms with Gasteiger partial charge in [0, 0.05) is 31.0 Å². The fourth-order valence-corrected chi connectivity index (χ4v) is 3.01. The number of carbonyl (C=O) groups is 1. The molecule has 2 N–H and O–H groups in total. The van der Waals surface area contributed by atoms with E-state index in [0.29, 0.717) is 13.1 Å². The number of urea groups is 1. The number of nitrogens with zero attached hydrogens (tertiary/aromatic N) is 1. The van der Waals surface area contributed by atoms with Crippen molar-refractivity contribution in [2.24, 2.45) is 5.92 Å². The summed E-state index contributed by atoms with van der Waals surface area (Å²) in [7, 11) is 0. The Kier molecular flexibility index (Phi) is 5.63. The van der Waals surface area contributed by atoms with Crippen LogP contribution in [0.15, 0.2) is 24.3 Å². The minimum absolute atomic E-state index is 0.111. The first-order valence-corrected chi connectivity index (χ1v) is 8.26. The van der Waals surface area contributed by atoms with Gasteiger partial charge in [-0.15, -0.1) is 0 Å². The molecule has 1 aliphatic rings. The average molecular weight is 322 g/mol. The lowest BCUT2D eigenvalue weighted by Gasteiger charge is -2.35. The summed E-state index contributed by atoms with van der Waals surface area (Å²) in [4.78, 5) is 14.1. The minimum Gasteiger partial charge on any atom is -0.393 e. The highest BCUT2D eigenvalue weighted by Crippen LogP contribution is 2.23. The van der Waals surface area contributed by atoms with Gasteiger partial charge in [-0.05, 0) is 37.5 Å². The molecule has 1 aromatic carbocycles. The average Bonchev–Trinajstić information content (AvgIpc) is 2.53. The largest absolute Gasteiger partial charge is 0.393 e. The van der Waals surface area contributed by atoms with E-state index in [1.165, 1.54) is 12.1 Å². The van der Waals surface area contributed by atoms with Crippen molar-refractivity contribution in [2.45, 2.75) is 45.1 Å². The first-order valence-electron chi connectivity index (χ1n) is 8.26. The summed E-state index contributed by atoms with van der Waals surface area (Å²) in [5.41, 5.74) is 0.510. The Morgan fingerprint density at radius 2 is 2.26 bits per heavy atom. The molecular formula is C18H27FN2O2. The number of nitrogens with one attached hydrogen (secondary N) is 1. The smallest absolute Gasteiger partial charge is 0.317 e. The van der Waals surface area contributed by atoms with Crippen LogP contribution in [0.2, 0.25) is 0 Å². The normalized spacial score (nSPS) is 20.2. The zero-order chi connectivity index (χ0) is 17.0. The Morgan fingerprint density at radius 1 is 1.52 bits per heavy atom. The van der Waals surface area contributed by atoms with E-state index in [4.69, 9.17) is 0 Å². The maximum Gasteiger partial charge on any atom is 0.317 e. The van der Waals surface area contributed by atoms with Gasteiger partial charge < -0.3 is 15.3 Å². The van der Waals surface area contributed by atoms with Crippen LogP contribution in [0.4, 0.5) is 9.18 Å². The van der Waals surface area contributed by atoms with Crippen molar-refractivity contribution < 1.29 is 14.3 Å². The highest BCUT2D eigenvalue weighted by molar-refractivity contribution is 5.74. The molecule has 1 fully saturated rings. The third kappa shape index (κ3) is 4.67. The number of carbonyl (C=O) groups excluding carboxylic acids is 1. The number of hydrogen-bond donors (Lipinski definition) is 2. The van der Waals surface area contributed by atoms with E-state index in [1.807, 2.05) is 19.9 Å². The van der Waals surface area contributed by atoms with Crippen LogP contribution in [0.25, 0.3) is 0 Å². The number of benzene rings is 1. The SMILES string of the molecule is CC(O)C1CCCN(C(=O)NCC(C)(C)c2cccc(F)c2)C1. The maximum atomic E-state index is 13.4. The van der Waals surface area contributed by atoms with Crippen LogP contribution in [0.1, 0.15) is 39.2 Å². The van der Waals surface area contributed by atoms with Crippen molar-refractivity contribution in [1.82, 2.24) is 10.2 Å². The highest BCUT2D eigenvalue weighted by Gasteiger charge is 2.28. The van der Waals surface area contributed by atoms with Gasteiger partial charge in [0.2, 0.25) is 0 Å². The number of piperidine rings is 1. The van der Waals surface area contributed by atoms with Crippen LogP contribution in [0.5, 0.6) is 0 Å². The summed E-state index contributed by atoms with van der Waals surface area (Å²) in [5, 5.41) is 12.7. The third-order valence-corrected chi connectivity index (χ3v) is 4.71. The van der Waals surface area contributed by atoms with Crippen molar-refractivity contribution in [3.8, 4) is 0 Å². The fourth-order valence-electron chi connectivity index (χ4n) is 3.01. The number of halogens is 1. The van der Waals surface area contributed by atoms with E-state index >= 15 is 0 Å². The van der Waals surface area contributed by atoms with E-state index < -0.39 is 6.10 Å². The van der Waals surface area contributed by atoms with E-state index in [1.54, 1.807) is 17.9 Å². The van der Waals surface area contributed by atoms with Crippen LogP contribution in [0, 0.1) is 11.7 Å². The van der Waals surface area contributed by atoms with Crippen molar-refractivity contribution >= 4 is 6.03 Å². The molecule has 2 atom stereocenters. The zero-order valence-electron chi connectivity index (χ0n) is 14.2. The Balaban J connectivity index is 1.93. The summed E-state index contributed by atoms with van der Waals surface area (Å²) in [5.74, 6) is -0.122. The number of hydrogen-bond acceptors (Lipinski definition) is 2. The van der Waals surface area contributed by atoms with Gasteiger partial charge in [-0.2, -0.15) is 0 Å². The molecular weight excluding hydrogens is 295 g/mol. The predicted octanol–water partition coefficient (Wildman–Crippen LogP) is 2.91. The Hall–Kier alpha value is -1.62. The van der Waals surface area contributed by atoms with Gasteiger partial charge in [0.05, 0.1) is 6.10 Å². The van der Waals surface area contributed by atoms with Crippen LogP contribution < -0.4 is 5.32 Å². The van der Waals surface area contributed by atoms with E-state index in [0.717, 1.165) is 24.9 Å². The lowest BCUT2D eigenvalue weighted by molar-refractivity contribution is 0.0737. The molecule has 2 unspecified atom stereocenters.